The van der Waals surface area contributed by atoms with Crippen molar-refractivity contribution in [2.75, 3.05) is 19.6 Å². The molecule has 4 nitrogen and oxygen atoms in total. The van der Waals surface area contributed by atoms with E-state index in [9.17, 15) is 4.79 Å². The van der Waals surface area contributed by atoms with Crippen molar-refractivity contribution in [3.8, 4) is 0 Å². The van der Waals surface area contributed by atoms with Crippen molar-refractivity contribution in [2.45, 2.75) is 77.2 Å². The quantitative estimate of drug-likeness (QED) is 0.696. The number of nitrogens with zero attached hydrogens (tertiary/aromatic N) is 1. The summed E-state index contributed by atoms with van der Waals surface area (Å²) in [5.74, 6) is 1.38. The van der Waals surface area contributed by atoms with Gasteiger partial charge in [-0.1, -0.05) is 39.0 Å². The maximum Gasteiger partial charge on any atom is 0.404 e. The van der Waals surface area contributed by atoms with Gasteiger partial charge in [0.25, 0.3) is 0 Å². The Balaban J connectivity index is 1.78. The second-order valence-corrected chi connectivity index (χ2v) is 7.36. The van der Waals surface area contributed by atoms with Gasteiger partial charge in [-0.25, -0.2) is 4.79 Å². The molecule has 0 aromatic carbocycles. The zero-order valence-corrected chi connectivity index (χ0v) is 14.2. The number of piperidine rings is 1. The fourth-order valence-corrected chi connectivity index (χ4v) is 4.34. The second kappa shape index (κ2) is 9.39. The lowest BCUT2D eigenvalue weighted by atomic mass is 9.83. The number of hydrogen-bond acceptors (Lipinski definition) is 2. The first kappa shape index (κ1) is 17.6. The highest BCUT2D eigenvalue weighted by Gasteiger charge is 2.29. The van der Waals surface area contributed by atoms with E-state index in [1.807, 2.05) is 0 Å². The van der Waals surface area contributed by atoms with Crippen LogP contribution in [0.3, 0.4) is 0 Å². The summed E-state index contributed by atoms with van der Waals surface area (Å²) in [6, 6.07) is 0.173. The van der Waals surface area contributed by atoms with Crippen molar-refractivity contribution in [1.29, 1.82) is 0 Å². The van der Waals surface area contributed by atoms with Gasteiger partial charge in [-0.3, -0.25) is 0 Å². The van der Waals surface area contributed by atoms with Crippen LogP contribution < -0.4 is 5.32 Å². The molecule has 1 aliphatic heterocycles. The average molecular weight is 310 g/mol. The van der Waals surface area contributed by atoms with Crippen LogP contribution in [-0.4, -0.2) is 41.8 Å². The molecule has 1 amide bonds. The van der Waals surface area contributed by atoms with E-state index in [4.69, 9.17) is 5.11 Å². The Bertz CT molecular complexity index is 335. The number of amides is 1. The minimum absolute atomic E-state index is 0.173. The molecule has 2 N–H and O–H groups in total. The predicted molar refractivity (Wildman–Crippen MR) is 90.2 cm³/mol. The van der Waals surface area contributed by atoms with Crippen LogP contribution in [0.4, 0.5) is 4.79 Å². The number of rotatable bonds is 7. The fourth-order valence-electron chi connectivity index (χ4n) is 4.34. The van der Waals surface area contributed by atoms with Crippen LogP contribution in [0.25, 0.3) is 0 Å². The third-order valence-corrected chi connectivity index (χ3v) is 5.53. The van der Waals surface area contributed by atoms with E-state index in [1.54, 1.807) is 0 Å². The number of hydrogen-bond donors (Lipinski definition) is 2. The Morgan fingerprint density at radius 3 is 2.77 bits per heavy atom. The maximum atomic E-state index is 11.0. The Morgan fingerprint density at radius 1 is 1.18 bits per heavy atom. The summed E-state index contributed by atoms with van der Waals surface area (Å²) >= 11 is 0. The van der Waals surface area contributed by atoms with Crippen LogP contribution in [0.2, 0.25) is 0 Å². The van der Waals surface area contributed by atoms with Crippen LogP contribution in [0.15, 0.2) is 0 Å². The lowest BCUT2D eigenvalue weighted by Gasteiger charge is -2.39. The number of carbonyl (C=O) groups is 1. The number of unbranched alkanes of at least 4 members (excludes halogenated alkanes) is 2. The lowest BCUT2D eigenvalue weighted by Crippen LogP contribution is -2.47. The van der Waals surface area contributed by atoms with E-state index in [2.05, 4.69) is 17.1 Å². The zero-order valence-electron chi connectivity index (χ0n) is 14.2. The molecular weight excluding hydrogens is 276 g/mol. The normalized spacial score (nSPS) is 30.1. The lowest BCUT2D eigenvalue weighted by molar-refractivity contribution is 0.114. The number of carboxylic acid groups (broad SMARTS) is 1. The van der Waals surface area contributed by atoms with Gasteiger partial charge in [0.05, 0.1) is 0 Å². The largest absolute Gasteiger partial charge is 0.465 e. The van der Waals surface area contributed by atoms with E-state index in [1.165, 1.54) is 70.9 Å². The van der Waals surface area contributed by atoms with Gasteiger partial charge >= 0.3 is 6.09 Å². The molecule has 2 fully saturated rings. The molecule has 2 aliphatic rings. The average Bonchev–Trinajstić information content (AvgIpc) is 2.49. The Hall–Kier alpha value is -0.770. The van der Waals surface area contributed by atoms with Gasteiger partial charge in [-0.05, 0) is 50.5 Å². The molecule has 4 heteroatoms. The molecule has 1 heterocycles. The van der Waals surface area contributed by atoms with Crippen LogP contribution in [0, 0.1) is 11.8 Å². The summed E-state index contributed by atoms with van der Waals surface area (Å²) in [6.07, 6.45) is 11.9. The van der Waals surface area contributed by atoms with Crippen molar-refractivity contribution in [3.63, 3.8) is 0 Å². The SMILES string of the molecule is CCCCCC1CCCN(CC2CCCCC2NC(=O)O)C1. The fraction of sp³-hybridized carbons (Fsp3) is 0.944. The van der Waals surface area contributed by atoms with Crippen LogP contribution >= 0.6 is 0 Å². The van der Waals surface area contributed by atoms with Gasteiger partial charge < -0.3 is 15.3 Å². The van der Waals surface area contributed by atoms with Gasteiger partial charge in [0, 0.05) is 19.1 Å². The van der Waals surface area contributed by atoms with E-state index in [-0.39, 0.29) is 6.04 Å². The standard InChI is InChI=1S/C18H34N2O2/c1-2-3-4-8-15-9-7-12-20(13-15)14-16-10-5-6-11-17(16)19-18(21)22/h15-17,19H,2-14H2,1H3,(H,21,22). The molecule has 0 spiro atoms. The summed E-state index contributed by atoms with van der Waals surface area (Å²) in [5, 5.41) is 11.8. The molecule has 3 unspecified atom stereocenters. The molecule has 1 aliphatic carbocycles. The van der Waals surface area contributed by atoms with E-state index >= 15 is 0 Å². The molecule has 0 bridgehead atoms. The van der Waals surface area contributed by atoms with E-state index in [0.717, 1.165) is 18.9 Å². The van der Waals surface area contributed by atoms with Crippen molar-refractivity contribution < 1.29 is 9.90 Å². The minimum Gasteiger partial charge on any atom is -0.465 e. The van der Waals surface area contributed by atoms with Gasteiger partial charge in [-0.15, -0.1) is 0 Å². The molecule has 128 valence electrons. The molecule has 1 saturated heterocycles. The molecule has 0 aromatic rings. The first-order valence-electron chi connectivity index (χ1n) is 9.41. The summed E-state index contributed by atoms with van der Waals surface area (Å²) in [7, 11) is 0. The van der Waals surface area contributed by atoms with Crippen molar-refractivity contribution in [2.24, 2.45) is 11.8 Å². The first-order valence-corrected chi connectivity index (χ1v) is 9.41. The van der Waals surface area contributed by atoms with Gasteiger partial charge in [0.2, 0.25) is 0 Å². The Morgan fingerprint density at radius 2 is 2.00 bits per heavy atom. The van der Waals surface area contributed by atoms with Crippen molar-refractivity contribution in [3.05, 3.63) is 0 Å². The third kappa shape index (κ3) is 5.79. The highest BCUT2D eigenvalue weighted by molar-refractivity contribution is 5.64. The monoisotopic (exact) mass is 310 g/mol. The summed E-state index contributed by atoms with van der Waals surface area (Å²) in [5.41, 5.74) is 0. The maximum absolute atomic E-state index is 11.0. The van der Waals surface area contributed by atoms with Gasteiger partial charge in [0.1, 0.15) is 0 Å². The molecule has 1 saturated carbocycles. The molecular formula is C18H34N2O2. The highest BCUT2D eigenvalue weighted by atomic mass is 16.4. The van der Waals surface area contributed by atoms with Crippen LogP contribution in [0.1, 0.15) is 71.1 Å². The predicted octanol–water partition coefficient (Wildman–Crippen LogP) is 4.11. The summed E-state index contributed by atoms with van der Waals surface area (Å²) in [6.45, 7) is 5.81. The zero-order chi connectivity index (χ0) is 15.8. The third-order valence-electron chi connectivity index (χ3n) is 5.53. The molecule has 2 rings (SSSR count). The van der Waals surface area contributed by atoms with Crippen molar-refractivity contribution in [1.82, 2.24) is 10.2 Å². The highest BCUT2D eigenvalue weighted by Crippen LogP contribution is 2.28. The molecule has 0 aromatic heterocycles. The Kier molecular flexibility index (Phi) is 7.50. The molecule has 3 atom stereocenters. The second-order valence-electron chi connectivity index (χ2n) is 7.36. The topological polar surface area (TPSA) is 52.6 Å². The van der Waals surface area contributed by atoms with Crippen molar-refractivity contribution >= 4 is 6.09 Å². The minimum atomic E-state index is -0.854. The number of nitrogens with one attached hydrogen (secondary N) is 1. The smallest absolute Gasteiger partial charge is 0.404 e. The summed E-state index contributed by atoms with van der Waals surface area (Å²) < 4.78 is 0. The number of likely N-dealkylation sites (tertiary alicyclic amines) is 1. The first-order chi connectivity index (χ1) is 10.7. The Labute approximate surface area is 135 Å². The molecule has 22 heavy (non-hydrogen) atoms. The van der Waals surface area contributed by atoms with Crippen LogP contribution in [-0.2, 0) is 0 Å². The van der Waals surface area contributed by atoms with E-state index in [0.29, 0.717) is 5.92 Å². The van der Waals surface area contributed by atoms with Gasteiger partial charge in [0.15, 0.2) is 0 Å². The van der Waals surface area contributed by atoms with Gasteiger partial charge in [-0.2, -0.15) is 0 Å². The summed E-state index contributed by atoms with van der Waals surface area (Å²) in [4.78, 5) is 13.6. The molecule has 0 radical (unpaired) electrons. The van der Waals surface area contributed by atoms with E-state index < -0.39 is 6.09 Å². The van der Waals surface area contributed by atoms with Crippen LogP contribution in [0.5, 0.6) is 0 Å².